The SMILES string of the molecule is O=C(NCc1ccc(Cl)c(Cl)c1)c1nc2[nH]c3ccccc3n2c(=O)c1O. The first-order chi connectivity index (χ1) is 13.0. The molecule has 3 N–H and O–H groups in total. The van der Waals surface area contributed by atoms with Crippen LogP contribution in [0, 0.1) is 0 Å². The van der Waals surface area contributed by atoms with E-state index in [4.69, 9.17) is 23.2 Å². The van der Waals surface area contributed by atoms with Gasteiger partial charge in [-0.15, -0.1) is 0 Å². The summed E-state index contributed by atoms with van der Waals surface area (Å²) in [5.74, 6) is -1.24. The van der Waals surface area contributed by atoms with Gasteiger partial charge < -0.3 is 15.4 Å². The van der Waals surface area contributed by atoms with E-state index in [-0.39, 0.29) is 18.0 Å². The molecule has 0 unspecified atom stereocenters. The summed E-state index contributed by atoms with van der Waals surface area (Å²) in [6.07, 6.45) is 0. The van der Waals surface area contributed by atoms with Gasteiger partial charge >= 0.3 is 5.56 Å². The van der Waals surface area contributed by atoms with Crippen LogP contribution in [0.3, 0.4) is 0 Å². The fraction of sp³-hybridized carbons (Fsp3) is 0.0556. The molecule has 2 heterocycles. The Balaban J connectivity index is 1.69. The van der Waals surface area contributed by atoms with Gasteiger partial charge in [0.2, 0.25) is 11.5 Å². The van der Waals surface area contributed by atoms with Gasteiger partial charge in [-0.1, -0.05) is 41.4 Å². The summed E-state index contributed by atoms with van der Waals surface area (Å²) >= 11 is 11.8. The van der Waals surface area contributed by atoms with Crippen molar-refractivity contribution in [2.45, 2.75) is 6.54 Å². The van der Waals surface area contributed by atoms with Gasteiger partial charge in [0.25, 0.3) is 5.91 Å². The third kappa shape index (κ3) is 3.01. The number of hydrogen-bond acceptors (Lipinski definition) is 4. The number of aromatic hydroxyl groups is 1. The van der Waals surface area contributed by atoms with Gasteiger partial charge in [-0.2, -0.15) is 0 Å². The fourth-order valence-electron chi connectivity index (χ4n) is 2.79. The van der Waals surface area contributed by atoms with Crippen LogP contribution in [0.15, 0.2) is 47.3 Å². The second kappa shape index (κ2) is 6.61. The summed E-state index contributed by atoms with van der Waals surface area (Å²) < 4.78 is 1.22. The molecule has 0 saturated heterocycles. The highest BCUT2D eigenvalue weighted by Crippen LogP contribution is 2.22. The van der Waals surface area contributed by atoms with Crippen molar-refractivity contribution >= 4 is 45.9 Å². The van der Waals surface area contributed by atoms with E-state index in [1.165, 1.54) is 4.40 Å². The number of imidazole rings is 1. The van der Waals surface area contributed by atoms with Crippen LogP contribution in [0.25, 0.3) is 16.8 Å². The predicted octanol–water partition coefficient (Wildman–Crippen LogP) is 3.12. The Morgan fingerprint density at radius 2 is 1.96 bits per heavy atom. The van der Waals surface area contributed by atoms with Crippen molar-refractivity contribution in [2.24, 2.45) is 0 Å². The number of para-hydroxylation sites is 2. The van der Waals surface area contributed by atoms with Gasteiger partial charge in [0.05, 0.1) is 21.1 Å². The van der Waals surface area contributed by atoms with E-state index in [0.29, 0.717) is 26.6 Å². The van der Waals surface area contributed by atoms with E-state index in [9.17, 15) is 14.7 Å². The number of carbonyl (C=O) groups excluding carboxylic acids is 1. The molecule has 0 aliphatic rings. The average Bonchev–Trinajstić information content (AvgIpc) is 3.04. The van der Waals surface area contributed by atoms with Crippen molar-refractivity contribution in [3.8, 4) is 5.75 Å². The molecular formula is C18H12Cl2N4O3. The summed E-state index contributed by atoms with van der Waals surface area (Å²) in [5.41, 5.74) is 0.849. The number of carbonyl (C=O) groups is 1. The molecule has 0 fully saturated rings. The van der Waals surface area contributed by atoms with Crippen molar-refractivity contribution < 1.29 is 9.90 Å². The number of H-pyrrole nitrogens is 1. The lowest BCUT2D eigenvalue weighted by Crippen LogP contribution is -2.27. The van der Waals surface area contributed by atoms with Crippen LogP contribution in [-0.4, -0.2) is 25.4 Å². The zero-order chi connectivity index (χ0) is 19.1. The van der Waals surface area contributed by atoms with Gasteiger partial charge in [0.15, 0.2) is 5.69 Å². The normalized spacial score (nSPS) is 11.2. The Kier molecular flexibility index (Phi) is 4.25. The van der Waals surface area contributed by atoms with E-state index in [1.54, 1.807) is 42.5 Å². The molecule has 0 saturated carbocycles. The lowest BCUT2D eigenvalue weighted by Gasteiger charge is -2.07. The molecule has 136 valence electrons. The van der Waals surface area contributed by atoms with E-state index in [0.717, 1.165) is 0 Å². The molecule has 4 rings (SSSR count). The number of hydrogen-bond donors (Lipinski definition) is 3. The Labute approximate surface area is 162 Å². The highest BCUT2D eigenvalue weighted by Gasteiger charge is 2.20. The molecule has 0 radical (unpaired) electrons. The first kappa shape index (κ1) is 17.4. The first-order valence-electron chi connectivity index (χ1n) is 7.90. The fourth-order valence-corrected chi connectivity index (χ4v) is 3.11. The van der Waals surface area contributed by atoms with Crippen LogP contribution in [0.2, 0.25) is 10.0 Å². The smallest absolute Gasteiger partial charge is 0.302 e. The summed E-state index contributed by atoms with van der Waals surface area (Å²) in [6, 6.07) is 12.0. The quantitative estimate of drug-likeness (QED) is 0.490. The predicted molar refractivity (Wildman–Crippen MR) is 103 cm³/mol. The maximum absolute atomic E-state index is 12.5. The maximum atomic E-state index is 12.5. The van der Waals surface area contributed by atoms with Crippen LogP contribution in [0.5, 0.6) is 5.75 Å². The molecule has 0 atom stereocenters. The highest BCUT2D eigenvalue weighted by atomic mass is 35.5. The molecule has 0 aliphatic carbocycles. The average molecular weight is 403 g/mol. The lowest BCUT2D eigenvalue weighted by atomic mass is 10.2. The molecule has 0 aliphatic heterocycles. The van der Waals surface area contributed by atoms with Crippen molar-refractivity contribution in [2.75, 3.05) is 0 Å². The van der Waals surface area contributed by atoms with Gasteiger partial charge in [0, 0.05) is 6.54 Å². The molecule has 2 aromatic heterocycles. The van der Waals surface area contributed by atoms with Gasteiger partial charge in [-0.25, -0.2) is 9.38 Å². The van der Waals surface area contributed by atoms with Crippen molar-refractivity contribution in [1.82, 2.24) is 19.7 Å². The monoisotopic (exact) mass is 402 g/mol. The molecule has 2 aromatic carbocycles. The second-order valence-corrected chi connectivity index (χ2v) is 6.66. The second-order valence-electron chi connectivity index (χ2n) is 5.85. The minimum atomic E-state index is -0.725. The zero-order valence-electron chi connectivity index (χ0n) is 13.7. The third-order valence-electron chi connectivity index (χ3n) is 4.10. The molecule has 27 heavy (non-hydrogen) atoms. The largest absolute Gasteiger partial charge is 0.501 e. The number of fused-ring (bicyclic) bond motifs is 3. The molecule has 0 spiro atoms. The number of halogens is 2. The Morgan fingerprint density at radius 3 is 2.74 bits per heavy atom. The van der Waals surface area contributed by atoms with E-state index in [1.807, 2.05) is 0 Å². The van der Waals surface area contributed by atoms with Crippen LogP contribution in [0.1, 0.15) is 16.1 Å². The lowest BCUT2D eigenvalue weighted by molar-refractivity contribution is 0.0942. The number of nitrogens with one attached hydrogen (secondary N) is 2. The number of aromatic amines is 1. The summed E-state index contributed by atoms with van der Waals surface area (Å²) in [5, 5.41) is 13.6. The van der Waals surface area contributed by atoms with E-state index in [2.05, 4.69) is 15.3 Å². The van der Waals surface area contributed by atoms with Crippen LogP contribution < -0.4 is 10.9 Å². The van der Waals surface area contributed by atoms with Gasteiger partial charge in [-0.05, 0) is 29.8 Å². The molecular weight excluding hydrogens is 391 g/mol. The first-order valence-corrected chi connectivity index (χ1v) is 8.66. The number of benzene rings is 2. The Bertz CT molecular complexity index is 1260. The van der Waals surface area contributed by atoms with Crippen LogP contribution >= 0.6 is 23.2 Å². The molecule has 1 amide bonds. The maximum Gasteiger partial charge on any atom is 0.302 e. The van der Waals surface area contributed by atoms with Crippen molar-refractivity contribution in [3.63, 3.8) is 0 Å². The summed E-state index contributed by atoms with van der Waals surface area (Å²) in [4.78, 5) is 32.0. The van der Waals surface area contributed by atoms with Crippen LogP contribution in [-0.2, 0) is 6.54 Å². The molecule has 4 aromatic rings. The van der Waals surface area contributed by atoms with E-state index >= 15 is 0 Å². The molecule has 9 heteroatoms. The number of nitrogens with zero attached hydrogens (tertiary/aromatic N) is 2. The van der Waals surface area contributed by atoms with Crippen molar-refractivity contribution in [1.29, 1.82) is 0 Å². The minimum absolute atomic E-state index is 0.128. The van der Waals surface area contributed by atoms with Crippen molar-refractivity contribution in [3.05, 3.63) is 74.1 Å². The molecule has 0 bridgehead atoms. The minimum Gasteiger partial charge on any atom is -0.501 e. The number of amides is 1. The Hall–Kier alpha value is -3.03. The van der Waals surface area contributed by atoms with Crippen LogP contribution in [0.4, 0.5) is 0 Å². The zero-order valence-corrected chi connectivity index (χ0v) is 15.2. The number of rotatable bonds is 3. The standard InChI is InChI=1S/C18H12Cl2N4O3/c19-10-6-5-9(7-11(10)20)8-21-16(26)14-15(25)17(27)24-13-4-2-1-3-12(13)22-18(24)23-14/h1-7,25H,8H2,(H,21,26)(H,22,23). The van der Waals surface area contributed by atoms with E-state index < -0.39 is 17.2 Å². The summed E-state index contributed by atoms with van der Waals surface area (Å²) in [6.45, 7) is 0.128. The van der Waals surface area contributed by atoms with Gasteiger partial charge in [-0.3, -0.25) is 9.59 Å². The third-order valence-corrected chi connectivity index (χ3v) is 4.84. The molecule has 7 nitrogen and oxygen atoms in total. The highest BCUT2D eigenvalue weighted by molar-refractivity contribution is 6.42. The Morgan fingerprint density at radius 1 is 1.19 bits per heavy atom. The number of aromatic nitrogens is 3. The topological polar surface area (TPSA) is 99.5 Å². The summed E-state index contributed by atoms with van der Waals surface area (Å²) in [7, 11) is 0. The van der Waals surface area contributed by atoms with Gasteiger partial charge in [0.1, 0.15) is 0 Å².